The second kappa shape index (κ2) is 4.19. The molecule has 3 atom stereocenters. The smallest absolute Gasteiger partial charge is 0.0218 e. The monoisotopic (exact) mass is 196 g/mol. The van der Waals surface area contributed by atoms with E-state index in [1.807, 2.05) is 0 Å². The second-order valence-electron chi connectivity index (χ2n) is 5.43. The van der Waals surface area contributed by atoms with Gasteiger partial charge in [0.15, 0.2) is 0 Å². The van der Waals surface area contributed by atoms with Crippen LogP contribution in [0, 0.1) is 11.8 Å². The SMILES string of the molecule is CC(C)C1CN(C2CC2C)CCCN1. The Kier molecular flexibility index (Phi) is 3.13. The molecule has 14 heavy (non-hydrogen) atoms. The molecule has 1 saturated carbocycles. The van der Waals surface area contributed by atoms with Crippen LogP contribution in [0.2, 0.25) is 0 Å². The van der Waals surface area contributed by atoms with Crippen LogP contribution >= 0.6 is 0 Å². The van der Waals surface area contributed by atoms with Gasteiger partial charge in [0.1, 0.15) is 0 Å². The van der Waals surface area contributed by atoms with E-state index in [0.717, 1.165) is 17.9 Å². The molecule has 3 unspecified atom stereocenters. The lowest BCUT2D eigenvalue weighted by Gasteiger charge is -2.26. The van der Waals surface area contributed by atoms with Crippen LogP contribution in [0.25, 0.3) is 0 Å². The van der Waals surface area contributed by atoms with Gasteiger partial charge in [-0.1, -0.05) is 20.8 Å². The van der Waals surface area contributed by atoms with Crippen molar-refractivity contribution in [2.24, 2.45) is 11.8 Å². The van der Waals surface area contributed by atoms with E-state index in [0.29, 0.717) is 6.04 Å². The standard InChI is InChI=1S/C12H24N2/c1-9(2)11-8-14(6-4-5-13-11)12-7-10(12)3/h9-13H,4-8H2,1-3H3. The summed E-state index contributed by atoms with van der Waals surface area (Å²) in [6.07, 6.45) is 2.76. The quantitative estimate of drug-likeness (QED) is 0.723. The number of rotatable bonds is 2. The number of hydrogen-bond acceptors (Lipinski definition) is 2. The molecule has 2 rings (SSSR count). The van der Waals surface area contributed by atoms with Crippen LogP contribution in [0.1, 0.15) is 33.6 Å². The van der Waals surface area contributed by atoms with E-state index in [-0.39, 0.29) is 0 Å². The molecule has 1 saturated heterocycles. The first kappa shape index (κ1) is 10.4. The zero-order valence-corrected chi connectivity index (χ0v) is 9.79. The lowest BCUT2D eigenvalue weighted by atomic mass is 10.0. The summed E-state index contributed by atoms with van der Waals surface area (Å²) in [6.45, 7) is 10.8. The predicted octanol–water partition coefficient (Wildman–Crippen LogP) is 1.71. The van der Waals surface area contributed by atoms with Crippen LogP contribution in [0.5, 0.6) is 0 Å². The van der Waals surface area contributed by atoms with Crippen LogP contribution in [0.3, 0.4) is 0 Å². The lowest BCUT2D eigenvalue weighted by Crippen LogP contribution is -2.42. The van der Waals surface area contributed by atoms with Gasteiger partial charge in [-0.3, -0.25) is 4.90 Å². The first-order valence-corrected chi connectivity index (χ1v) is 6.16. The Balaban J connectivity index is 1.90. The molecule has 2 aliphatic rings. The van der Waals surface area contributed by atoms with Gasteiger partial charge < -0.3 is 5.32 Å². The average molecular weight is 196 g/mol. The minimum Gasteiger partial charge on any atom is -0.312 e. The summed E-state index contributed by atoms with van der Waals surface area (Å²) in [7, 11) is 0. The fourth-order valence-electron chi connectivity index (χ4n) is 2.54. The Morgan fingerprint density at radius 3 is 2.64 bits per heavy atom. The molecule has 82 valence electrons. The lowest BCUT2D eigenvalue weighted by molar-refractivity contribution is 0.229. The van der Waals surface area contributed by atoms with Crippen molar-refractivity contribution in [3.63, 3.8) is 0 Å². The molecule has 0 radical (unpaired) electrons. The van der Waals surface area contributed by atoms with Crippen molar-refractivity contribution in [2.45, 2.75) is 45.7 Å². The van der Waals surface area contributed by atoms with Gasteiger partial charge in [-0.15, -0.1) is 0 Å². The molecule has 2 nitrogen and oxygen atoms in total. The fourth-order valence-corrected chi connectivity index (χ4v) is 2.54. The highest BCUT2D eigenvalue weighted by molar-refractivity contribution is 4.94. The zero-order chi connectivity index (χ0) is 10.1. The van der Waals surface area contributed by atoms with Gasteiger partial charge in [0.05, 0.1) is 0 Å². The van der Waals surface area contributed by atoms with Crippen LogP contribution in [-0.4, -0.2) is 36.6 Å². The minimum atomic E-state index is 0.713. The van der Waals surface area contributed by atoms with Crippen molar-refractivity contribution >= 4 is 0 Å². The normalized spacial score (nSPS) is 39.9. The first-order chi connectivity index (χ1) is 6.68. The average Bonchev–Trinajstić information content (AvgIpc) is 2.86. The maximum atomic E-state index is 3.67. The van der Waals surface area contributed by atoms with E-state index in [2.05, 4.69) is 31.0 Å². The van der Waals surface area contributed by atoms with Gasteiger partial charge in [0.2, 0.25) is 0 Å². The van der Waals surface area contributed by atoms with Crippen molar-refractivity contribution in [2.75, 3.05) is 19.6 Å². The van der Waals surface area contributed by atoms with Crippen molar-refractivity contribution in [3.8, 4) is 0 Å². The molecule has 0 aromatic heterocycles. The van der Waals surface area contributed by atoms with E-state index in [4.69, 9.17) is 0 Å². The third-order valence-electron chi connectivity index (χ3n) is 3.80. The summed E-state index contributed by atoms with van der Waals surface area (Å²) in [4.78, 5) is 2.72. The maximum Gasteiger partial charge on any atom is 0.0218 e. The Bertz CT molecular complexity index is 191. The van der Waals surface area contributed by atoms with Crippen LogP contribution in [-0.2, 0) is 0 Å². The van der Waals surface area contributed by atoms with Gasteiger partial charge in [-0.2, -0.15) is 0 Å². The summed E-state index contributed by atoms with van der Waals surface area (Å²) in [6, 6.07) is 1.63. The molecule has 1 N–H and O–H groups in total. The van der Waals surface area contributed by atoms with Crippen LogP contribution < -0.4 is 5.32 Å². The third-order valence-corrected chi connectivity index (χ3v) is 3.80. The molecule has 0 bridgehead atoms. The van der Waals surface area contributed by atoms with Gasteiger partial charge in [-0.05, 0) is 37.8 Å². The van der Waals surface area contributed by atoms with Crippen molar-refractivity contribution < 1.29 is 0 Å². The molecule has 0 spiro atoms. The summed E-state index contributed by atoms with van der Waals surface area (Å²) in [5, 5.41) is 3.67. The Morgan fingerprint density at radius 1 is 1.36 bits per heavy atom. The molecule has 1 aliphatic carbocycles. The van der Waals surface area contributed by atoms with E-state index < -0.39 is 0 Å². The maximum absolute atomic E-state index is 3.67. The van der Waals surface area contributed by atoms with Crippen molar-refractivity contribution in [1.82, 2.24) is 10.2 Å². The molecule has 2 heteroatoms. The Hall–Kier alpha value is -0.0800. The third kappa shape index (κ3) is 2.29. The highest BCUT2D eigenvalue weighted by atomic mass is 15.2. The van der Waals surface area contributed by atoms with Crippen molar-refractivity contribution in [3.05, 3.63) is 0 Å². The topological polar surface area (TPSA) is 15.3 Å². The molecule has 1 aliphatic heterocycles. The fraction of sp³-hybridized carbons (Fsp3) is 1.00. The minimum absolute atomic E-state index is 0.713. The molecule has 2 fully saturated rings. The van der Waals surface area contributed by atoms with Crippen LogP contribution in [0.15, 0.2) is 0 Å². The van der Waals surface area contributed by atoms with E-state index in [9.17, 15) is 0 Å². The second-order valence-corrected chi connectivity index (χ2v) is 5.43. The molecule has 0 aromatic carbocycles. The van der Waals surface area contributed by atoms with E-state index >= 15 is 0 Å². The summed E-state index contributed by atoms with van der Waals surface area (Å²) >= 11 is 0. The van der Waals surface area contributed by atoms with E-state index in [1.54, 1.807) is 0 Å². The van der Waals surface area contributed by atoms with Gasteiger partial charge >= 0.3 is 0 Å². The Labute approximate surface area is 88.1 Å². The largest absolute Gasteiger partial charge is 0.312 e. The summed E-state index contributed by atoms with van der Waals surface area (Å²) < 4.78 is 0. The van der Waals surface area contributed by atoms with Crippen molar-refractivity contribution in [1.29, 1.82) is 0 Å². The highest BCUT2D eigenvalue weighted by Crippen LogP contribution is 2.35. The van der Waals surface area contributed by atoms with Gasteiger partial charge in [-0.25, -0.2) is 0 Å². The number of hydrogen-bond donors (Lipinski definition) is 1. The van der Waals surface area contributed by atoms with Gasteiger partial charge in [0.25, 0.3) is 0 Å². The molecule has 1 heterocycles. The van der Waals surface area contributed by atoms with E-state index in [1.165, 1.54) is 32.5 Å². The zero-order valence-electron chi connectivity index (χ0n) is 9.79. The molecule has 0 amide bonds. The van der Waals surface area contributed by atoms with Crippen LogP contribution in [0.4, 0.5) is 0 Å². The Morgan fingerprint density at radius 2 is 2.07 bits per heavy atom. The highest BCUT2D eigenvalue weighted by Gasteiger charge is 2.39. The molecular formula is C12H24N2. The van der Waals surface area contributed by atoms with Gasteiger partial charge in [0, 0.05) is 18.6 Å². The summed E-state index contributed by atoms with van der Waals surface area (Å²) in [5.74, 6) is 1.73. The number of nitrogens with one attached hydrogen (secondary N) is 1. The predicted molar refractivity (Wildman–Crippen MR) is 60.4 cm³/mol. The molecular weight excluding hydrogens is 172 g/mol. The number of nitrogens with zero attached hydrogens (tertiary/aromatic N) is 1. The first-order valence-electron chi connectivity index (χ1n) is 6.16. The molecule has 0 aromatic rings. The summed E-state index contributed by atoms with van der Waals surface area (Å²) in [5.41, 5.74) is 0.